The van der Waals surface area contributed by atoms with Gasteiger partial charge in [0.1, 0.15) is 18.0 Å². The van der Waals surface area contributed by atoms with Gasteiger partial charge < -0.3 is 10.2 Å². The average molecular weight is 339 g/mol. The molecule has 0 atom stereocenters. The molecule has 2 aromatic heterocycles. The maximum atomic E-state index is 11.3. The van der Waals surface area contributed by atoms with Crippen LogP contribution in [0.3, 0.4) is 0 Å². The Bertz CT molecular complexity index is 615. The second-order valence-electron chi connectivity index (χ2n) is 4.20. The molecular formula is C12H11BrN4OS. The highest BCUT2D eigenvalue weighted by Crippen LogP contribution is 2.29. The SMILES string of the molecule is O=C1CCN(c2cc(Nc3ccc(Br)s3)ncn2)C1. The van der Waals surface area contributed by atoms with Gasteiger partial charge in [0.05, 0.1) is 15.3 Å². The molecule has 1 saturated heterocycles. The van der Waals surface area contributed by atoms with Gasteiger partial charge in [-0.2, -0.15) is 0 Å². The van der Waals surface area contributed by atoms with Crippen molar-refractivity contribution in [2.75, 3.05) is 23.3 Å². The van der Waals surface area contributed by atoms with Gasteiger partial charge in [0, 0.05) is 19.0 Å². The monoisotopic (exact) mass is 338 g/mol. The molecule has 7 heteroatoms. The minimum absolute atomic E-state index is 0.260. The van der Waals surface area contributed by atoms with Crippen LogP contribution in [0.4, 0.5) is 16.6 Å². The lowest BCUT2D eigenvalue weighted by molar-refractivity contribution is -0.116. The van der Waals surface area contributed by atoms with Crippen LogP contribution in [0, 0.1) is 0 Å². The van der Waals surface area contributed by atoms with Crippen LogP contribution in [0.2, 0.25) is 0 Å². The van der Waals surface area contributed by atoms with Gasteiger partial charge in [-0.25, -0.2) is 9.97 Å². The highest BCUT2D eigenvalue weighted by atomic mass is 79.9. The van der Waals surface area contributed by atoms with E-state index in [-0.39, 0.29) is 5.78 Å². The molecule has 19 heavy (non-hydrogen) atoms. The van der Waals surface area contributed by atoms with E-state index in [1.807, 2.05) is 23.1 Å². The van der Waals surface area contributed by atoms with Crippen LogP contribution in [0.5, 0.6) is 0 Å². The predicted molar refractivity (Wildman–Crippen MR) is 79.2 cm³/mol. The first-order valence-electron chi connectivity index (χ1n) is 5.82. The lowest BCUT2D eigenvalue weighted by Crippen LogP contribution is -2.20. The Hall–Kier alpha value is -1.47. The van der Waals surface area contributed by atoms with Crippen LogP contribution in [0.1, 0.15) is 6.42 Å². The van der Waals surface area contributed by atoms with Gasteiger partial charge in [-0.15, -0.1) is 11.3 Å². The van der Waals surface area contributed by atoms with Gasteiger partial charge in [0.15, 0.2) is 5.78 Å². The van der Waals surface area contributed by atoms with Crippen molar-refractivity contribution in [1.82, 2.24) is 9.97 Å². The van der Waals surface area contributed by atoms with Crippen molar-refractivity contribution in [2.24, 2.45) is 0 Å². The van der Waals surface area contributed by atoms with E-state index in [1.165, 1.54) is 6.33 Å². The molecule has 3 rings (SSSR count). The van der Waals surface area contributed by atoms with E-state index in [1.54, 1.807) is 11.3 Å². The molecule has 0 aromatic carbocycles. The quantitative estimate of drug-likeness (QED) is 0.932. The molecule has 0 radical (unpaired) electrons. The van der Waals surface area contributed by atoms with Gasteiger partial charge >= 0.3 is 0 Å². The number of nitrogens with zero attached hydrogens (tertiary/aromatic N) is 3. The summed E-state index contributed by atoms with van der Waals surface area (Å²) in [7, 11) is 0. The average Bonchev–Trinajstić information content (AvgIpc) is 2.99. The second-order valence-corrected chi connectivity index (χ2v) is 6.66. The summed E-state index contributed by atoms with van der Waals surface area (Å²) >= 11 is 5.02. The molecule has 1 aliphatic heterocycles. The van der Waals surface area contributed by atoms with Crippen molar-refractivity contribution in [1.29, 1.82) is 0 Å². The third-order valence-electron chi connectivity index (χ3n) is 2.83. The summed E-state index contributed by atoms with van der Waals surface area (Å²) in [6.45, 7) is 1.18. The Labute approximate surface area is 122 Å². The number of carbonyl (C=O) groups excluding carboxylic acids is 1. The van der Waals surface area contributed by atoms with E-state index in [4.69, 9.17) is 0 Å². The van der Waals surface area contributed by atoms with Crippen LogP contribution in [0.25, 0.3) is 0 Å². The van der Waals surface area contributed by atoms with Gasteiger partial charge in [0.25, 0.3) is 0 Å². The molecular weight excluding hydrogens is 328 g/mol. The van der Waals surface area contributed by atoms with Crippen molar-refractivity contribution >= 4 is 49.7 Å². The summed E-state index contributed by atoms with van der Waals surface area (Å²) in [5.74, 6) is 1.79. The van der Waals surface area contributed by atoms with E-state index < -0.39 is 0 Å². The standard InChI is InChI=1S/C12H11BrN4OS/c13-9-1-2-12(19-9)16-10-5-11(15-7-14-10)17-4-3-8(18)6-17/h1-2,5,7H,3-4,6H2,(H,14,15,16). The fourth-order valence-electron chi connectivity index (χ4n) is 1.92. The first kappa shape index (κ1) is 12.6. The zero-order valence-electron chi connectivity index (χ0n) is 9.97. The number of halogens is 1. The van der Waals surface area contributed by atoms with Crippen LogP contribution in [0.15, 0.2) is 28.3 Å². The van der Waals surface area contributed by atoms with Gasteiger partial charge in [-0.1, -0.05) is 0 Å². The van der Waals surface area contributed by atoms with Crippen molar-refractivity contribution < 1.29 is 4.79 Å². The number of ketones is 1. The Morgan fingerprint density at radius 1 is 1.37 bits per heavy atom. The molecule has 2 aromatic rings. The molecule has 1 fully saturated rings. The number of nitrogens with one attached hydrogen (secondary N) is 1. The molecule has 0 aliphatic carbocycles. The van der Waals surface area contributed by atoms with Gasteiger partial charge in [-0.05, 0) is 28.1 Å². The molecule has 5 nitrogen and oxygen atoms in total. The second kappa shape index (κ2) is 5.26. The van der Waals surface area contributed by atoms with Crippen molar-refractivity contribution in [3.05, 3.63) is 28.3 Å². The zero-order chi connectivity index (χ0) is 13.2. The first-order valence-corrected chi connectivity index (χ1v) is 7.43. The van der Waals surface area contributed by atoms with E-state index >= 15 is 0 Å². The molecule has 1 N–H and O–H groups in total. The summed E-state index contributed by atoms with van der Waals surface area (Å²) < 4.78 is 1.06. The molecule has 0 saturated carbocycles. The number of hydrogen-bond donors (Lipinski definition) is 1. The minimum atomic E-state index is 0.260. The van der Waals surface area contributed by atoms with Crippen molar-refractivity contribution in [3.63, 3.8) is 0 Å². The lowest BCUT2D eigenvalue weighted by atomic mass is 10.4. The van der Waals surface area contributed by atoms with Gasteiger partial charge in [-0.3, -0.25) is 4.79 Å². The van der Waals surface area contributed by atoms with E-state index in [9.17, 15) is 4.79 Å². The summed E-state index contributed by atoms with van der Waals surface area (Å²) in [5.41, 5.74) is 0. The molecule has 1 aliphatic rings. The van der Waals surface area contributed by atoms with E-state index in [0.29, 0.717) is 13.0 Å². The fourth-order valence-corrected chi connectivity index (χ4v) is 3.22. The topological polar surface area (TPSA) is 58.1 Å². The Morgan fingerprint density at radius 3 is 2.95 bits per heavy atom. The predicted octanol–water partition coefficient (Wildman–Crippen LogP) is 2.82. The molecule has 3 heterocycles. The lowest BCUT2D eigenvalue weighted by Gasteiger charge is -2.15. The number of hydrogen-bond acceptors (Lipinski definition) is 6. The van der Waals surface area contributed by atoms with Crippen LogP contribution in [-0.2, 0) is 4.79 Å². The normalized spacial score (nSPS) is 15.0. The van der Waals surface area contributed by atoms with Gasteiger partial charge in [0.2, 0.25) is 0 Å². The largest absolute Gasteiger partial charge is 0.349 e. The Kier molecular flexibility index (Phi) is 3.48. The number of aromatic nitrogens is 2. The molecule has 0 bridgehead atoms. The fraction of sp³-hybridized carbons (Fsp3) is 0.250. The summed E-state index contributed by atoms with van der Waals surface area (Å²) in [6.07, 6.45) is 2.12. The van der Waals surface area contributed by atoms with E-state index in [0.717, 1.165) is 27.0 Å². The summed E-state index contributed by atoms with van der Waals surface area (Å²) in [4.78, 5) is 21.7. The number of carbonyl (C=O) groups is 1. The molecule has 98 valence electrons. The highest BCUT2D eigenvalue weighted by molar-refractivity contribution is 9.11. The molecule has 0 unspecified atom stereocenters. The van der Waals surface area contributed by atoms with Crippen molar-refractivity contribution in [2.45, 2.75) is 6.42 Å². The number of anilines is 3. The van der Waals surface area contributed by atoms with Crippen molar-refractivity contribution in [3.8, 4) is 0 Å². The first-order chi connectivity index (χ1) is 9.20. The number of thiophene rings is 1. The highest BCUT2D eigenvalue weighted by Gasteiger charge is 2.20. The Morgan fingerprint density at radius 2 is 2.26 bits per heavy atom. The van der Waals surface area contributed by atoms with Crippen LogP contribution < -0.4 is 10.2 Å². The molecule has 0 amide bonds. The van der Waals surface area contributed by atoms with Crippen LogP contribution in [-0.4, -0.2) is 28.8 Å². The molecule has 0 spiro atoms. The van der Waals surface area contributed by atoms with Crippen LogP contribution >= 0.6 is 27.3 Å². The third-order valence-corrected chi connectivity index (χ3v) is 4.37. The smallest absolute Gasteiger partial charge is 0.153 e. The number of Topliss-reactive ketones (excluding diaryl/α,β-unsaturated/α-hetero) is 1. The van der Waals surface area contributed by atoms with E-state index in [2.05, 4.69) is 31.2 Å². The Balaban J connectivity index is 1.78. The number of rotatable bonds is 3. The summed E-state index contributed by atoms with van der Waals surface area (Å²) in [6, 6.07) is 5.83. The third kappa shape index (κ3) is 2.93. The minimum Gasteiger partial charge on any atom is -0.349 e. The maximum Gasteiger partial charge on any atom is 0.153 e. The maximum absolute atomic E-state index is 11.3. The zero-order valence-corrected chi connectivity index (χ0v) is 12.4. The summed E-state index contributed by atoms with van der Waals surface area (Å²) in [5, 5.41) is 4.23.